The summed E-state index contributed by atoms with van der Waals surface area (Å²) in [6, 6.07) is 2.36. The predicted molar refractivity (Wildman–Crippen MR) is 60.6 cm³/mol. The lowest BCUT2D eigenvalue weighted by Crippen LogP contribution is -2.30. The van der Waals surface area contributed by atoms with Gasteiger partial charge in [-0.1, -0.05) is 6.42 Å². The average Bonchev–Trinajstić information content (AvgIpc) is 2.65. The average molecular weight is 206 g/mol. The van der Waals surface area contributed by atoms with Gasteiger partial charge in [0.05, 0.1) is 0 Å². The van der Waals surface area contributed by atoms with Crippen molar-refractivity contribution in [3.63, 3.8) is 0 Å². The Morgan fingerprint density at radius 2 is 2.40 bits per heavy atom. The van der Waals surface area contributed by atoms with Crippen molar-refractivity contribution in [1.29, 1.82) is 0 Å². The molecule has 2 atom stereocenters. The van der Waals surface area contributed by atoms with E-state index in [0.717, 1.165) is 18.2 Å². The molecule has 1 heterocycles. The highest BCUT2D eigenvalue weighted by Crippen LogP contribution is 2.26. The van der Waals surface area contributed by atoms with E-state index in [9.17, 15) is 0 Å². The molecule has 15 heavy (non-hydrogen) atoms. The third-order valence-corrected chi connectivity index (χ3v) is 3.07. The highest BCUT2D eigenvalue weighted by Gasteiger charge is 2.26. The van der Waals surface area contributed by atoms with Crippen LogP contribution in [0.15, 0.2) is 12.3 Å². The van der Waals surface area contributed by atoms with Gasteiger partial charge in [-0.25, -0.2) is 9.97 Å². The molecule has 1 aliphatic rings. The summed E-state index contributed by atoms with van der Waals surface area (Å²) in [6.45, 7) is 2.73. The number of rotatable bonds is 3. The number of anilines is 1. The van der Waals surface area contributed by atoms with Gasteiger partial charge >= 0.3 is 0 Å². The van der Waals surface area contributed by atoms with Gasteiger partial charge in [0.1, 0.15) is 0 Å². The molecule has 0 saturated heterocycles. The first-order chi connectivity index (χ1) is 7.29. The number of hydrogen-bond acceptors (Lipinski definition) is 4. The van der Waals surface area contributed by atoms with Crippen molar-refractivity contribution in [3.8, 4) is 0 Å². The van der Waals surface area contributed by atoms with Crippen molar-refractivity contribution in [2.24, 2.45) is 11.7 Å². The maximum absolute atomic E-state index is 5.73. The maximum Gasteiger partial charge on any atom is 0.223 e. The van der Waals surface area contributed by atoms with Gasteiger partial charge in [-0.2, -0.15) is 0 Å². The number of aromatic nitrogens is 2. The lowest BCUT2D eigenvalue weighted by molar-refractivity contribution is 0.514. The lowest BCUT2D eigenvalue weighted by Gasteiger charge is -2.19. The second-order valence-electron chi connectivity index (χ2n) is 4.20. The Morgan fingerprint density at radius 3 is 3.13 bits per heavy atom. The fourth-order valence-electron chi connectivity index (χ4n) is 2.19. The summed E-state index contributed by atoms with van der Waals surface area (Å²) in [7, 11) is 0. The molecule has 82 valence electrons. The van der Waals surface area contributed by atoms with E-state index in [1.807, 2.05) is 13.0 Å². The van der Waals surface area contributed by atoms with Crippen LogP contribution in [-0.4, -0.2) is 22.6 Å². The Labute approximate surface area is 90.3 Å². The Hall–Kier alpha value is -1.16. The van der Waals surface area contributed by atoms with E-state index in [0.29, 0.717) is 12.0 Å². The molecule has 4 nitrogen and oxygen atoms in total. The second-order valence-corrected chi connectivity index (χ2v) is 4.20. The molecule has 2 unspecified atom stereocenters. The van der Waals surface area contributed by atoms with E-state index in [-0.39, 0.29) is 0 Å². The van der Waals surface area contributed by atoms with Crippen molar-refractivity contribution in [2.75, 3.05) is 11.9 Å². The highest BCUT2D eigenvalue weighted by molar-refractivity contribution is 5.27. The fourth-order valence-corrected chi connectivity index (χ4v) is 2.19. The Morgan fingerprint density at radius 1 is 1.53 bits per heavy atom. The van der Waals surface area contributed by atoms with Crippen LogP contribution in [0.5, 0.6) is 0 Å². The van der Waals surface area contributed by atoms with E-state index in [1.54, 1.807) is 6.20 Å². The van der Waals surface area contributed by atoms with E-state index in [1.165, 1.54) is 19.3 Å². The molecule has 1 aliphatic carbocycles. The zero-order valence-electron chi connectivity index (χ0n) is 9.11. The third-order valence-electron chi connectivity index (χ3n) is 3.07. The fraction of sp³-hybridized carbons (Fsp3) is 0.636. The summed E-state index contributed by atoms with van der Waals surface area (Å²) in [5.74, 6) is 1.31. The standard InChI is InChI=1S/C11H18N4/c1-8-5-6-13-11(14-8)15-10-4-2-3-9(10)7-12/h5-6,9-10H,2-4,7,12H2,1H3,(H,13,14,15). The normalized spacial score (nSPS) is 25.5. The molecular weight excluding hydrogens is 188 g/mol. The van der Waals surface area contributed by atoms with E-state index in [4.69, 9.17) is 5.73 Å². The maximum atomic E-state index is 5.73. The molecule has 0 spiro atoms. The molecule has 0 bridgehead atoms. The summed E-state index contributed by atoms with van der Waals surface area (Å²) < 4.78 is 0. The van der Waals surface area contributed by atoms with Gasteiger partial charge < -0.3 is 11.1 Å². The molecule has 0 amide bonds. The minimum Gasteiger partial charge on any atom is -0.351 e. The summed E-state index contributed by atoms with van der Waals surface area (Å²) in [6.07, 6.45) is 5.45. The molecule has 4 heteroatoms. The minimum atomic E-state index is 0.455. The topological polar surface area (TPSA) is 63.8 Å². The SMILES string of the molecule is Cc1ccnc(NC2CCCC2CN)n1. The summed E-state index contributed by atoms with van der Waals surface area (Å²) in [5, 5.41) is 3.38. The second kappa shape index (κ2) is 4.57. The van der Waals surface area contributed by atoms with Crippen molar-refractivity contribution in [1.82, 2.24) is 9.97 Å². The Balaban J connectivity index is 2.02. The zero-order chi connectivity index (χ0) is 10.7. The molecule has 1 saturated carbocycles. The van der Waals surface area contributed by atoms with Gasteiger partial charge in [-0.3, -0.25) is 0 Å². The van der Waals surface area contributed by atoms with Crippen molar-refractivity contribution in [2.45, 2.75) is 32.2 Å². The Bertz CT molecular complexity index is 326. The third kappa shape index (κ3) is 2.45. The lowest BCUT2D eigenvalue weighted by atomic mass is 10.0. The molecule has 1 aromatic heterocycles. The monoisotopic (exact) mass is 206 g/mol. The molecule has 1 fully saturated rings. The number of nitrogens with one attached hydrogen (secondary N) is 1. The summed E-state index contributed by atoms with van der Waals surface area (Å²) in [5.41, 5.74) is 6.72. The van der Waals surface area contributed by atoms with Crippen molar-refractivity contribution in [3.05, 3.63) is 18.0 Å². The zero-order valence-corrected chi connectivity index (χ0v) is 9.11. The number of nitrogens with two attached hydrogens (primary N) is 1. The molecule has 0 radical (unpaired) electrons. The van der Waals surface area contributed by atoms with E-state index in [2.05, 4.69) is 15.3 Å². The van der Waals surface area contributed by atoms with Crippen LogP contribution in [0.3, 0.4) is 0 Å². The first-order valence-electron chi connectivity index (χ1n) is 5.56. The Kier molecular flexibility index (Phi) is 3.16. The first-order valence-corrected chi connectivity index (χ1v) is 5.56. The van der Waals surface area contributed by atoms with Crippen LogP contribution in [0.1, 0.15) is 25.0 Å². The van der Waals surface area contributed by atoms with E-state index < -0.39 is 0 Å². The molecule has 0 aromatic carbocycles. The van der Waals surface area contributed by atoms with Gasteiger partial charge in [0.15, 0.2) is 0 Å². The first kappa shape index (κ1) is 10.4. The van der Waals surface area contributed by atoms with Gasteiger partial charge in [-0.15, -0.1) is 0 Å². The van der Waals surface area contributed by atoms with Crippen LogP contribution in [-0.2, 0) is 0 Å². The number of nitrogens with zero attached hydrogens (tertiary/aromatic N) is 2. The van der Waals surface area contributed by atoms with Gasteiger partial charge in [0, 0.05) is 17.9 Å². The van der Waals surface area contributed by atoms with Crippen LogP contribution >= 0.6 is 0 Å². The van der Waals surface area contributed by atoms with Gasteiger partial charge in [0.25, 0.3) is 0 Å². The largest absolute Gasteiger partial charge is 0.351 e. The minimum absolute atomic E-state index is 0.455. The molecule has 2 rings (SSSR count). The van der Waals surface area contributed by atoms with Gasteiger partial charge in [0.2, 0.25) is 5.95 Å². The molecular formula is C11H18N4. The number of aryl methyl sites for hydroxylation is 1. The van der Waals surface area contributed by atoms with Crippen LogP contribution in [0.4, 0.5) is 5.95 Å². The van der Waals surface area contributed by atoms with Gasteiger partial charge in [-0.05, 0) is 38.3 Å². The smallest absolute Gasteiger partial charge is 0.223 e. The summed E-state index contributed by atoms with van der Waals surface area (Å²) >= 11 is 0. The highest BCUT2D eigenvalue weighted by atomic mass is 15.1. The van der Waals surface area contributed by atoms with Crippen molar-refractivity contribution >= 4 is 5.95 Å². The molecule has 0 aliphatic heterocycles. The van der Waals surface area contributed by atoms with E-state index >= 15 is 0 Å². The number of hydrogen-bond donors (Lipinski definition) is 2. The molecule has 1 aromatic rings. The summed E-state index contributed by atoms with van der Waals surface area (Å²) in [4.78, 5) is 8.55. The predicted octanol–water partition coefficient (Wildman–Crippen LogP) is 1.32. The van der Waals surface area contributed by atoms with Crippen LogP contribution in [0.25, 0.3) is 0 Å². The van der Waals surface area contributed by atoms with Crippen LogP contribution in [0.2, 0.25) is 0 Å². The van der Waals surface area contributed by atoms with Crippen LogP contribution in [0, 0.1) is 12.8 Å². The quantitative estimate of drug-likeness (QED) is 0.783. The van der Waals surface area contributed by atoms with Crippen LogP contribution < -0.4 is 11.1 Å². The molecule has 3 N–H and O–H groups in total. The van der Waals surface area contributed by atoms with Crippen molar-refractivity contribution < 1.29 is 0 Å².